The van der Waals surface area contributed by atoms with Gasteiger partial charge in [-0.05, 0) is 35.2 Å². The lowest BCUT2D eigenvalue weighted by molar-refractivity contribution is -0.131. The number of hydrogen-bond donors (Lipinski definition) is 1. The van der Waals surface area contributed by atoms with Crippen molar-refractivity contribution in [1.29, 1.82) is 5.26 Å². The molecule has 1 fully saturated rings. The van der Waals surface area contributed by atoms with Gasteiger partial charge in [0, 0.05) is 0 Å². The van der Waals surface area contributed by atoms with Gasteiger partial charge in [-0.2, -0.15) is 5.26 Å². The van der Waals surface area contributed by atoms with Crippen LogP contribution in [-0.4, -0.2) is 16.8 Å². The van der Waals surface area contributed by atoms with Gasteiger partial charge in [0.1, 0.15) is 5.54 Å². The Morgan fingerprint density at radius 2 is 1.59 bits per heavy atom. The van der Waals surface area contributed by atoms with Gasteiger partial charge in [0.05, 0.1) is 18.2 Å². The molecule has 0 bridgehead atoms. The van der Waals surface area contributed by atoms with Crippen molar-refractivity contribution in [3.8, 4) is 17.2 Å². The highest BCUT2D eigenvalue weighted by molar-refractivity contribution is 6.07. The molecule has 4 rings (SSSR count). The quantitative estimate of drug-likeness (QED) is 0.689. The summed E-state index contributed by atoms with van der Waals surface area (Å²) in [7, 11) is 0. The first-order valence-electron chi connectivity index (χ1n) is 9.31. The number of carbonyl (C=O) groups is 2. The molecule has 1 aliphatic heterocycles. The number of rotatable bonds is 4. The topological polar surface area (TPSA) is 73.2 Å². The highest BCUT2D eigenvalue weighted by Crippen LogP contribution is 2.30. The third-order valence-corrected chi connectivity index (χ3v) is 5.28. The van der Waals surface area contributed by atoms with E-state index < -0.39 is 11.6 Å². The normalized spacial score (nSPS) is 18.4. The minimum absolute atomic E-state index is 0.188. The molecule has 0 unspecified atom stereocenters. The van der Waals surface area contributed by atoms with Crippen LogP contribution in [0.25, 0.3) is 11.1 Å². The molecule has 0 aromatic heterocycles. The van der Waals surface area contributed by atoms with Crippen LogP contribution in [0.2, 0.25) is 0 Å². The lowest BCUT2D eigenvalue weighted by atomic mass is 9.92. The average molecular weight is 381 g/mol. The molecule has 3 aromatic carbocycles. The van der Waals surface area contributed by atoms with Gasteiger partial charge in [-0.3, -0.25) is 9.69 Å². The van der Waals surface area contributed by atoms with E-state index in [9.17, 15) is 14.9 Å². The van der Waals surface area contributed by atoms with Gasteiger partial charge in [0.2, 0.25) is 0 Å². The van der Waals surface area contributed by atoms with Crippen molar-refractivity contribution in [2.24, 2.45) is 0 Å². The number of benzene rings is 3. The van der Waals surface area contributed by atoms with E-state index in [-0.39, 0.29) is 12.5 Å². The fraction of sp³-hybridized carbons (Fsp3) is 0.125. The van der Waals surface area contributed by atoms with E-state index in [4.69, 9.17) is 0 Å². The molecule has 0 saturated carbocycles. The van der Waals surface area contributed by atoms with Crippen LogP contribution >= 0.6 is 0 Å². The summed E-state index contributed by atoms with van der Waals surface area (Å²) in [6.07, 6.45) is 0. The summed E-state index contributed by atoms with van der Waals surface area (Å²) in [5.74, 6) is -0.271. The Labute approximate surface area is 169 Å². The van der Waals surface area contributed by atoms with Crippen LogP contribution in [0.15, 0.2) is 78.9 Å². The second-order valence-electron chi connectivity index (χ2n) is 7.17. The second kappa shape index (κ2) is 7.25. The van der Waals surface area contributed by atoms with E-state index in [0.29, 0.717) is 5.56 Å². The monoisotopic (exact) mass is 381 g/mol. The summed E-state index contributed by atoms with van der Waals surface area (Å²) in [6.45, 7) is 1.91. The van der Waals surface area contributed by atoms with Crippen LogP contribution in [-0.2, 0) is 16.9 Å². The van der Waals surface area contributed by atoms with Crippen LogP contribution in [0.5, 0.6) is 0 Å². The molecule has 1 saturated heterocycles. The first-order valence-corrected chi connectivity index (χ1v) is 9.31. The third kappa shape index (κ3) is 3.26. The SMILES string of the molecule is C[C@@]1(c2ccccc2)NC(=O)N(Cc2ccc(-c3ccccc3C#N)cc2)C1=O. The zero-order valence-electron chi connectivity index (χ0n) is 15.9. The number of imide groups is 1. The van der Waals surface area contributed by atoms with Gasteiger partial charge in [0.25, 0.3) is 5.91 Å². The van der Waals surface area contributed by atoms with Gasteiger partial charge in [0.15, 0.2) is 0 Å². The second-order valence-corrected chi connectivity index (χ2v) is 7.17. The maximum Gasteiger partial charge on any atom is 0.325 e. The highest BCUT2D eigenvalue weighted by atomic mass is 16.2. The van der Waals surface area contributed by atoms with Crippen molar-refractivity contribution in [3.63, 3.8) is 0 Å². The largest absolute Gasteiger partial charge is 0.325 e. The van der Waals surface area contributed by atoms with Crippen molar-refractivity contribution in [3.05, 3.63) is 95.6 Å². The Morgan fingerprint density at radius 3 is 2.28 bits per heavy atom. The number of hydrogen-bond acceptors (Lipinski definition) is 3. The number of amides is 3. The van der Waals surface area contributed by atoms with E-state index in [2.05, 4.69) is 11.4 Å². The average Bonchev–Trinajstić information content (AvgIpc) is 2.99. The molecule has 3 aromatic rings. The molecule has 1 atom stereocenters. The van der Waals surface area contributed by atoms with E-state index in [0.717, 1.165) is 22.3 Å². The number of nitriles is 1. The van der Waals surface area contributed by atoms with E-state index >= 15 is 0 Å². The summed E-state index contributed by atoms with van der Waals surface area (Å²) < 4.78 is 0. The van der Waals surface area contributed by atoms with Gasteiger partial charge in [-0.15, -0.1) is 0 Å². The molecule has 5 nitrogen and oxygen atoms in total. The molecule has 1 aliphatic rings. The number of nitrogens with one attached hydrogen (secondary N) is 1. The molecular formula is C24H19N3O2. The summed E-state index contributed by atoms with van der Waals surface area (Å²) >= 11 is 0. The Balaban J connectivity index is 1.56. The molecule has 0 spiro atoms. The number of urea groups is 1. The summed E-state index contributed by atoms with van der Waals surface area (Å²) in [6, 6.07) is 26.0. The summed E-state index contributed by atoms with van der Waals surface area (Å²) in [5.41, 5.74) is 2.90. The lowest BCUT2D eigenvalue weighted by Gasteiger charge is -2.22. The standard InChI is InChI=1S/C24H19N3O2/c1-24(20-8-3-2-4-9-20)22(28)27(23(29)26-24)16-17-11-13-18(14-12-17)21-10-6-5-7-19(21)15-25/h2-14H,16H2,1H3,(H,26,29)/t24-/m0/s1. The Morgan fingerprint density at radius 1 is 0.931 bits per heavy atom. The van der Waals surface area contributed by atoms with E-state index in [1.54, 1.807) is 13.0 Å². The Bertz CT molecular complexity index is 1120. The molecule has 0 aliphatic carbocycles. The first kappa shape index (κ1) is 18.5. The number of nitrogens with zero attached hydrogens (tertiary/aromatic N) is 2. The van der Waals surface area contributed by atoms with Crippen molar-refractivity contribution in [2.45, 2.75) is 19.0 Å². The molecule has 0 radical (unpaired) electrons. The minimum atomic E-state index is -1.07. The van der Waals surface area contributed by atoms with Gasteiger partial charge in [-0.25, -0.2) is 4.79 Å². The van der Waals surface area contributed by atoms with Crippen molar-refractivity contribution in [2.75, 3.05) is 0 Å². The van der Waals surface area contributed by atoms with Gasteiger partial charge >= 0.3 is 6.03 Å². The number of carbonyl (C=O) groups excluding carboxylic acids is 2. The van der Waals surface area contributed by atoms with E-state index in [1.807, 2.05) is 72.8 Å². The molecule has 1 heterocycles. The maximum atomic E-state index is 13.0. The maximum absolute atomic E-state index is 13.0. The molecule has 1 N–H and O–H groups in total. The van der Waals surface area contributed by atoms with Crippen molar-refractivity contribution >= 4 is 11.9 Å². The molecule has 142 valence electrons. The summed E-state index contributed by atoms with van der Waals surface area (Å²) in [5, 5.41) is 12.1. The lowest BCUT2D eigenvalue weighted by Crippen LogP contribution is -2.40. The molecule has 3 amide bonds. The molecule has 5 heteroatoms. The van der Waals surface area contributed by atoms with Crippen LogP contribution < -0.4 is 5.32 Å². The third-order valence-electron chi connectivity index (χ3n) is 5.28. The zero-order valence-corrected chi connectivity index (χ0v) is 15.9. The predicted molar refractivity (Wildman–Crippen MR) is 109 cm³/mol. The fourth-order valence-corrected chi connectivity index (χ4v) is 3.61. The van der Waals surface area contributed by atoms with E-state index in [1.165, 1.54) is 4.90 Å². The minimum Gasteiger partial charge on any atom is -0.319 e. The van der Waals surface area contributed by atoms with Crippen LogP contribution in [0.4, 0.5) is 4.79 Å². The first-order chi connectivity index (χ1) is 14.0. The predicted octanol–water partition coefficient (Wildman–Crippen LogP) is 4.19. The van der Waals surface area contributed by atoms with Gasteiger partial charge < -0.3 is 5.32 Å². The van der Waals surface area contributed by atoms with Crippen LogP contribution in [0.1, 0.15) is 23.6 Å². The molecular weight excluding hydrogens is 362 g/mol. The zero-order chi connectivity index (χ0) is 20.4. The van der Waals surface area contributed by atoms with Crippen molar-refractivity contribution in [1.82, 2.24) is 10.2 Å². The Hall–Kier alpha value is -3.91. The van der Waals surface area contributed by atoms with Crippen LogP contribution in [0.3, 0.4) is 0 Å². The molecule has 29 heavy (non-hydrogen) atoms. The smallest absolute Gasteiger partial charge is 0.319 e. The summed E-state index contributed by atoms with van der Waals surface area (Å²) in [4.78, 5) is 26.8. The highest BCUT2D eigenvalue weighted by Gasteiger charge is 2.48. The Kier molecular flexibility index (Phi) is 4.61. The van der Waals surface area contributed by atoms with Crippen LogP contribution in [0, 0.1) is 11.3 Å². The van der Waals surface area contributed by atoms with Gasteiger partial charge in [-0.1, -0.05) is 72.8 Å². The fourth-order valence-electron chi connectivity index (χ4n) is 3.61. The van der Waals surface area contributed by atoms with Crippen molar-refractivity contribution < 1.29 is 9.59 Å².